The molecule has 1 rings (SSSR count). The Labute approximate surface area is 80.5 Å². The maximum absolute atomic E-state index is 3.18. The third-order valence-electron chi connectivity index (χ3n) is 1.96. The average molecular weight is 175 g/mol. The van der Waals surface area contributed by atoms with Crippen molar-refractivity contribution in [1.29, 1.82) is 0 Å². The van der Waals surface area contributed by atoms with Crippen LogP contribution in [0.3, 0.4) is 0 Å². The molecule has 0 radical (unpaired) electrons. The van der Waals surface area contributed by atoms with Crippen LogP contribution < -0.4 is 5.32 Å². The number of likely N-dealkylation sites (N-methyl/N-ethyl adjacent to an activating group) is 1. The highest BCUT2D eigenvalue weighted by molar-refractivity contribution is 5.66. The standard InChI is InChI=1S/C12H17N/c1-3-7-12(10-13-2)11-8-5-4-6-9-11/h4-9,13H,3,10H2,1-2H3/b12-7-. The third-order valence-corrected chi connectivity index (χ3v) is 1.96. The number of allylic oxidation sites excluding steroid dienone is 1. The fraction of sp³-hybridized carbons (Fsp3) is 0.333. The highest BCUT2D eigenvalue weighted by Gasteiger charge is 1.97. The predicted octanol–water partition coefficient (Wildman–Crippen LogP) is 2.70. The van der Waals surface area contributed by atoms with Crippen LogP contribution >= 0.6 is 0 Å². The smallest absolute Gasteiger partial charge is 0.0205 e. The number of rotatable bonds is 4. The van der Waals surface area contributed by atoms with Crippen LogP contribution in [0.25, 0.3) is 5.57 Å². The molecule has 0 spiro atoms. The Morgan fingerprint density at radius 1 is 1.31 bits per heavy atom. The maximum atomic E-state index is 3.18. The second-order valence-corrected chi connectivity index (χ2v) is 3.03. The minimum atomic E-state index is 0.942. The van der Waals surface area contributed by atoms with Crippen LogP contribution in [-0.4, -0.2) is 13.6 Å². The Kier molecular flexibility index (Phi) is 4.27. The van der Waals surface area contributed by atoms with Gasteiger partial charge >= 0.3 is 0 Å². The zero-order valence-corrected chi connectivity index (χ0v) is 8.38. The van der Waals surface area contributed by atoms with Crippen molar-refractivity contribution in [2.45, 2.75) is 13.3 Å². The lowest BCUT2D eigenvalue weighted by atomic mass is 10.1. The first-order chi connectivity index (χ1) is 6.38. The summed E-state index contributed by atoms with van der Waals surface area (Å²) in [7, 11) is 1.98. The van der Waals surface area contributed by atoms with Gasteiger partial charge in [0.05, 0.1) is 0 Å². The molecule has 1 nitrogen and oxygen atoms in total. The molecule has 1 aromatic carbocycles. The molecule has 0 heterocycles. The van der Waals surface area contributed by atoms with Crippen molar-refractivity contribution in [2.75, 3.05) is 13.6 Å². The van der Waals surface area contributed by atoms with E-state index >= 15 is 0 Å². The second kappa shape index (κ2) is 5.55. The van der Waals surface area contributed by atoms with Gasteiger partial charge in [-0.1, -0.05) is 43.3 Å². The van der Waals surface area contributed by atoms with E-state index in [1.54, 1.807) is 0 Å². The molecule has 0 aliphatic heterocycles. The van der Waals surface area contributed by atoms with Gasteiger partial charge in [-0.15, -0.1) is 0 Å². The van der Waals surface area contributed by atoms with Gasteiger partial charge in [-0.3, -0.25) is 0 Å². The quantitative estimate of drug-likeness (QED) is 0.742. The van der Waals surface area contributed by atoms with Crippen LogP contribution in [0.1, 0.15) is 18.9 Å². The fourth-order valence-corrected chi connectivity index (χ4v) is 1.38. The van der Waals surface area contributed by atoms with Gasteiger partial charge in [-0.2, -0.15) is 0 Å². The summed E-state index contributed by atoms with van der Waals surface area (Å²) in [5.41, 5.74) is 2.70. The van der Waals surface area contributed by atoms with Crippen LogP contribution in [0.15, 0.2) is 36.4 Å². The number of nitrogens with one attached hydrogen (secondary N) is 1. The molecule has 0 saturated heterocycles. The normalized spacial score (nSPS) is 11.7. The van der Waals surface area contributed by atoms with Crippen LogP contribution in [0.2, 0.25) is 0 Å². The van der Waals surface area contributed by atoms with Crippen LogP contribution in [-0.2, 0) is 0 Å². The predicted molar refractivity (Wildman–Crippen MR) is 58.6 cm³/mol. The van der Waals surface area contributed by atoms with Gasteiger partial charge < -0.3 is 5.32 Å². The molecule has 0 saturated carbocycles. The molecule has 13 heavy (non-hydrogen) atoms. The van der Waals surface area contributed by atoms with Crippen LogP contribution in [0.4, 0.5) is 0 Å². The zero-order chi connectivity index (χ0) is 9.52. The SMILES string of the molecule is CC/C=C(/CNC)c1ccccc1. The van der Waals surface area contributed by atoms with E-state index < -0.39 is 0 Å². The Morgan fingerprint density at radius 3 is 2.54 bits per heavy atom. The zero-order valence-electron chi connectivity index (χ0n) is 8.38. The Bertz CT molecular complexity index is 262. The molecule has 0 atom stereocenters. The molecule has 0 unspecified atom stereocenters. The van der Waals surface area contributed by atoms with Crippen molar-refractivity contribution >= 4 is 5.57 Å². The van der Waals surface area contributed by atoms with Crippen molar-refractivity contribution in [3.63, 3.8) is 0 Å². The lowest BCUT2D eigenvalue weighted by Crippen LogP contribution is -2.09. The first-order valence-corrected chi connectivity index (χ1v) is 4.77. The van der Waals surface area contributed by atoms with E-state index in [4.69, 9.17) is 0 Å². The van der Waals surface area contributed by atoms with Gasteiger partial charge in [0.15, 0.2) is 0 Å². The molecule has 0 fully saturated rings. The number of benzene rings is 1. The largest absolute Gasteiger partial charge is 0.316 e. The third kappa shape index (κ3) is 3.03. The highest BCUT2D eigenvalue weighted by atomic mass is 14.8. The molecule has 0 aliphatic rings. The summed E-state index contributed by atoms with van der Waals surface area (Å²) in [6.45, 7) is 3.11. The summed E-state index contributed by atoms with van der Waals surface area (Å²) < 4.78 is 0. The van der Waals surface area contributed by atoms with Gasteiger partial charge in [0.2, 0.25) is 0 Å². The molecule has 0 aliphatic carbocycles. The van der Waals surface area contributed by atoms with Gasteiger partial charge in [0.25, 0.3) is 0 Å². The summed E-state index contributed by atoms with van der Waals surface area (Å²) in [4.78, 5) is 0. The molecule has 1 heteroatoms. The molecule has 0 aromatic heterocycles. The summed E-state index contributed by atoms with van der Waals surface area (Å²) in [5.74, 6) is 0. The van der Waals surface area contributed by atoms with Crippen molar-refractivity contribution in [2.24, 2.45) is 0 Å². The minimum absolute atomic E-state index is 0.942. The Hall–Kier alpha value is -1.08. The van der Waals surface area contributed by atoms with Gasteiger partial charge in [-0.25, -0.2) is 0 Å². The Balaban J connectivity index is 2.83. The average Bonchev–Trinajstić information content (AvgIpc) is 2.19. The lowest BCUT2D eigenvalue weighted by molar-refractivity contribution is 0.927. The van der Waals surface area contributed by atoms with E-state index in [1.165, 1.54) is 11.1 Å². The van der Waals surface area contributed by atoms with E-state index in [9.17, 15) is 0 Å². The molecular formula is C12H17N. The van der Waals surface area contributed by atoms with Crippen molar-refractivity contribution < 1.29 is 0 Å². The van der Waals surface area contributed by atoms with Crippen LogP contribution in [0, 0.1) is 0 Å². The molecule has 1 N–H and O–H groups in total. The number of hydrogen-bond donors (Lipinski definition) is 1. The number of hydrogen-bond acceptors (Lipinski definition) is 1. The molecule has 0 amide bonds. The first-order valence-electron chi connectivity index (χ1n) is 4.77. The maximum Gasteiger partial charge on any atom is 0.0205 e. The summed E-state index contributed by atoms with van der Waals surface area (Å²) in [5, 5.41) is 3.18. The molecular weight excluding hydrogens is 158 g/mol. The molecule has 0 bridgehead atoms. The van der Waals surface area contributed by atoms with Crippen molar-refractivity contribution in [1.82, 2.24) is 5.32 Å². The minimum Gasteiger partial charge on any atom is -0.316 e. The van der Waals surface area contributed by atoms with Crippen LogP contribution in [0.5, 0.6) is 0 Å². The van der Waals surface area contributed by atoms with E-state index in [2.05, 4.69) is 42.6 Å². The monoisotopic (exact) mass is 175 g/mol. The van der Waals surface area contributed by atoms with Crippen molar-refractivity contribution in [3.05, 3.63) is 42.0 Å². The first kappa shape index (κ1) is 10.0. The van der Waals surface area contributed by atoms with E-state index in [0.717, 1.165) is 13.0 Å². The lowest BCUT2D eigenvalue weighted by Gasteiger charge is -2.06. The van der Waals surface area contributed by atoms with Gasteiger partial charge in [0, 0.05) is 6.54 Å². The van der Waals surface area contributed by atoms with Gasteiger partial charge in [-0.05, 0) is 24.6 Å². The Morgan fingerprint density at radius 2 is 2.00 bits per heavy atom. The van der Waals surface area contributed by atoms with E-state index in [-0.39, 0.29) is 0 Å². The summed E-state index contributed by atoms with van der Waals surface area (Å²) >= 11 is 0. The second-order valence-electron chi connectivity index (χ2n) is 3.03. The van der Waals surface area contributed by atoms with E-state index in [1.807, 2.05) is 13.1 Å². The fourth-order valence-electron chi connectivity index (χ4n) is 1.38. The summed E-state index contributed by atoms with van der Waals surface area (Å²) in [6.07, 6.45) is 3.36. The van der Waals surface area contributed by atoms with E-state index in [0.29, 0.717) is 0 Å². The highest BCUT2D eigenvalue weighted by Crippen LogP contribution is 2.13. The topological polar surface area (TPSA) is 12.0 Å². The summed E-state index contributed by atoms with van der Waals surface area (Å²) in [6, 6.07) is 10.5. The molecule has 70 valence electrons. The van der Waals surface area contributed by atoms with Gasteiger partial charge in [0.1, 0.15) is 0 Å². The van der Waals surface area contributed by atoms with Crippen molar-refractivity contribution in [3.8, 4) is 0 Å². The molecule has 1 aromatic rings.